The van der Waals surface area contributed by atoms with E-state index in [-0.39, 0.29) is 22.6 Å². The molecular formula is C15H12O6. The molecule has 2 aromatic carbocycles. The third kappa shape index (κ3) is 2.94. The minimum Gasteiger partial charge on any atom is -0.508 e. The van der Waals surface area contributed by atoms with Crippen LogP contribution in [0.5, 0.6) is 11.5 Å². The van der Waals surface area contributed by atoms with E-state index in [9.17, 15) is 14.7 Å². The maximum atomic E-state index is 11.0. The first kappa shape index (κ1) is 14.4. The molecule has 0 fully saturated rings. The lowest BCUT2D eigenvalue weighted by Crippen LogP contribution is -2.00. The molecule has 6 nitrogen and oxygen atoms in total. The number of carbonyl (C=O) groups is 2. The lowest BCUT2D eigenvalue weighted by atomic mass is 10.0. The minimum atomic E-state index is -1.17. The van der Waals surface area contributed by atoms with Gasteiger partial charge in [-0.05, 0) is 41.5 Å². The van der Waals surface area contributed by atoms with E-state index in [2.05, 4.69) is 0 Å². The van der Waals surface area contributed by atoms with Gasteiger partial charge in [-0.1, -0.05) is 6.07 Å². The molecule has 2 rings (SSSR count). The third-order valence-corrected chi connectivity index (χ3v) is 2.93. The number of aromatic carboxylic acids is 2. The Kier molecular flexibility index (Phi) is 3.80. The van der Waals surface area contributed by atoms with Crippen molar-refractivity contribution >= 4 is 11.9 Å². The Morgan fingerprint density at radius 1 is 0.952 bits per heavy atom. The molecule has 0 saturated carbocycles. The number of phenolic OH excluding ortho intramolecular Hbond substituents is 1. The van der Waals surface area contributed by atoms with Crippen LogP contribution in [0.4, 0.5) is 0 Å². The normalized spacial score (nSPS) is 10.1. The van der Waals surface area contributed by atoms with Gasteiger partial charge in [0.15, 0.2) is 0 Å². The van der Waals surface area contributed by atoms with Gasteiger partial charge in [0.05, 0.1) is 12.7 Å². The molecule has 3 N–H and O–H groups in total. The van der Waals surface area contributed by atoms with Crippen LogP contribution in [0.15, 0.2) is 36.4 Å². The zero-order valence-corrected chi connectivity index (χ0v) is 11.0. The second kappa shape index (κ2) is 5.54. The zero-order chi connectivity index (χ0) is 15.6. The van der Waals surface area contributed by atoms with Crippen molar-refractivity contribution in [3.8, 4) is 22.6 Å². The molecule has 0 aromatic heterocycles. The molecule has 0 aliphatic heterocycles. The van der Waals surface area contributed by atoms with Gasteiger partial charge < -0.3 is 20.1 Å². The summed E-state index contributed by atoms with van der Waals surface area (Å²) in [5.41, 5.74) is 0.920. The average Bonchev–Trinajstić information content (AvgIpc) is 2.45. The minimum absolute atomic E-state index is 0.000129. The smallest absolute Gasteiger partial charge is 0.339 e. The molecular weight excluding hydrogens is 276 g/mol. The van der Waals surface area contributed by atoms with E-state index in [1.54, 1.807) is 0 Å². The highest BCUT2D eigenvalue weighted by atomic mass is 16.5. The Bertz CT molecular complexity index is 720. The molecule has 2 aromatic rings. The SMILES string of the molecule is COc1cc(-c2cc(O)cc(C(=O)O)c2)ccc1C(=O)O. The number of phenols is 1. The largest absolute Gasteiger partial charge is 0.508 e. The number of hydrogen-bond donors (Lipinski definition) is 3. The summed E-state index contributed by atoms with van der Waals surface area (Å²) in [7, 11) is 1.34. The summed E-state index contributed by atoms with van der Waals surface area (Å²) in [5.74, 6) is -2.33. The molecule has 0 aliphatic carbocycles. The van der Waals surface area contributed by atoms with Crippen LogP contribution in [-0.4, -0.2) is 34.4 Å². The Morgan fingerprint density at radius 2 is 1.67 bits per heavy atom. The van der Waals surface area contributed by atoms with Crippen molar-refractivity contribution in [3.05, 3.63) is 47.5 Å². The van der Waals surface area contributed by atoms with Crippen molar-refractivity contribution in [1.82, 2.24) is 0 Å². The van der Waals surface area contributed by atoms with Crippen LogP contribution < -0.4 is 4.74 Å². The first-order chi connectivity index (χ1) is 9.92. The number of rotatable bonds is 4. The van der Waals surface area contributed by atoms with Crippen LogP contribution in [0.1, 0.15) is 20.7 Å². The van der Waals surface area contributed by atoms with Gasteiger partial charge in [-0.25, -0.2) is 9.59 Å². The first-order valence-electron chi connectivity index (χ1n) is 5.91. The van der Waals surface area contributed by atoms with Gasteiger partial charge in [0, 0.05) is 0 Å². The maximum Gasteiger partial charge on any atom is 0.339 e. The van der Waals surface area contributed by atoms with Crippen LogP contribution in [-0.2, 0) is 0 Å². The number of ether oxygens (including phenoxy) is 1. The van der Waals surface area contributed by atoms with Crippen molar-refractivity contribution in [2.45, 2.75) is 0 Å². The summed E-state index contributed by atoms with van der Waals surface area (Å²) in [6.07, 6.45) is 0. The number of benzene rings is 2. The highest BCUT2D eigenvalue weighted by molar-refractivity contribution is 5.93. The second-order valence-corrected chi connectivity index (χ2v) is 4.29. The van der Waals surface area contributed by atoms with Crippen LogP contribution in [0, 0.1) is 0 Å². The lowest BCUT2D eigenvalue weighted by Gasteiger charge is -2.09. The summed E-state index contributed by atoms with van der Waals surface area (Å²) >= 11 is 0. The summed E-state index contributed by atoms with van der Waals surface area (Å²) < 4.78 is 5.02. The van der Waals surface area contributed by atoms with Gasteiger partial charge >= 0.3 is 11.9 Å². The molecule has 0 atom stereocenters. The van der Waals surface area contributed by atoms with Crippen LogP contribution >= 0.6 is 0 Å². The molecule has 6 heteroatoms. The van der Waals surface area contributed by atoms with E-state index >= 15 is 0 Å². The van der Waals surface area contributed by atoms with Crippen molar-refractivity contribution in [2.75, 3.05) is 7.11 Å². The zero-order valence-electron chi connectivity index (χ0n) is 11.0. The molecule has 0 heterocycles. The number of carboxylic acids is 2. The van der Waals surface area contributed by atoms with Crippen LogP contribution in [0.3, 0.4) is 0 Å². The summed E-state index contributed by atoms with van der Waals surface area (Å²) in [6.45, 7) is 0. The van der Waals surface area contributed by atoms with Crippen molar-refractivity contribution < 1.29 is 29.6 Å². The maximum absolute atomic E-state index is 11.0. The topological polar surface area (TPSA) is 104 Å². The van der Waals surface area contributed by atoms with E-state index < -0.39 is 11.9 Å². The Morgan fingerprint density at radius 3 is 2.24 bits per heavy atom. The van der Waals surface area contributed by atoms with Gasteiger partial charge in [-0.15, -0.1) is 0 Å². The van der Waals surface area contributed by atoms with E-state index in [0.29, 0.717) is 11.1 Å². The third-order valence-electron chi connectivity index (χ3n) is 2.93. The monoisotopic (exact) mass is 288 g/mol. The fraction of sp³-hybridized carbons (Fsp3) is 0.0667. The number of carboxylic acid groups (broad SMARTS) is 2. The van der Waals surface area contributed by atoms with Gasteiger partial charge in [0.1, 0.15) is 17.1 Å². The van der Waals surface area contributed by atoms with Crippen LogP contribution in [0.2, 0.25) is 0 Å². The molecule has 0 unspecified atom stereocenters. The van der Waals surface area contributed by atoms with E-state index in [1.165, 1.54) is 37.4 Å². The fourth-order valence-electron chi connectivity index (χ4n) is 1.95. The van der Waals surface area contributed by atoms with Crippen molar-refractivity contribution in [3.63, 3.8) is 0 Å². The van der Waals surface area contributed by atoms with Crippen molar-refractivity contribution in [2.24, 2.45) is 0 Å². The Labute approximate surface area is 119 Å². The highest BCUT2D eigenvalue weighted by Crippen LogP contribution is 2.30. The predicted octanol–water partition coefficient (Wildman–Crippen LogP) is 2.46. The molecule has 0 aliphatic rings. The molecule has 0 radical (unpaired) electrons. The van der Waals surface area contributed by atoms with E-state index in [0.717, 1.165) is 6.07 Å². The van der Waals surface area contributed by atoms with Gasteiger partial charge in [-0.3, -0.25) is 0 Å². The fourth-order valence-corrected chi connectivity index (χ4v) is 1.95. The Hall–Kier alpha value is -3.02. The molecule has 21 heavy (non-hydrogen) atoms. The Balaban J connectivity index is 2.57. The standard InChI is InChI=1S/C15H12O6/c1-21-13-7-8(2-3-12(13)15(19)20)9-4-10(14(17)18)6-11(16)5-9/h2-7,16H,1H3,(H,17,18)(H,19,20). The first-order valence-corrected chi connectivity index (χ1v) is 5.91. The molecule has 108 valence electrons. The number of methoxy groups -OCH3 is 1. The summed E-state index contributed by atoms with van der Waals surface area (Å²) in [5, 5.41) is 27.6. The summed E-state index contributed by atoms with van der Waals surface area (Å²) in [6, 6.07) is 8.27. The molecule has 0 amide bonds. The van der Waals surface area contributed by atoms with Gasteiger partial charge in [0.2, 0.25) is 0 Å². The molecule has 0 bridgehead atoms. The van der Waals surface area contributed by atoms with Gasteiger partial charge in [-0.2, -0.15) is 0 Å². The van der Waals surface area contributed by atoms with E-state index in [4.69, 9.17) is 14.9 Å². The van der Waals surface area contributed by atoms with E-state index in [1.807, 2.05) is 0 Å². The second-order valence-electron chi connectivity index (χ2n) is 4.29. The number of hydrogen-bond acceptors (Lipinski definition) is 4. The molecule has 0 saturated heterocycles. The van der Waals surface area contributed by atoms with Gasteiger partial charge in [0.25, 0.3) is 0 Å². The average molecular weight is 288 g/mol. The van der Waals surface area contributed by atoms with Crippen molar-refractivity contribution in [1.29, 1.82) is 0 Å². The lowest BCUT2D eigenvalue weighted by molar-refractivity contribution is 0.0684. The summed E-state index contributed by atoms with van der Waals surface area (Å²) in [4.78, 5) is 22.0. The number of aromatic hydroxyl groups is 1. The highest BCUT2D eigenvalue weighted by Gasteiger charge is 2.13. The van der Waals surface area contributed by atoms with Crippen LogP contribution in [0.25, 0.3) is 11.1 Å². The predicted molar refractivity (Wildman–Crippen MR) is 74.0 cm³/mol. The quantitative estimate of drug-likeness (QED) is 0.798. The molecule has 0 spiro atoms.